The summed E-state index contributed by atoms with van der Waals surface area (Å²) in [6.45, 7) is 0. The lowest BCUT2D eigenvalue weighted by molar-refractivity contribution is -0.167. The van der Waals surface area contributed by atoms with Crippen LogP contribution in [0.2, 0.25) is 0 Å². The lowest BCUT2D eigenvalue weighted by Crippen LogP contribution is -2.41. The molecule has 0 bridgehead atoms. The van der Waals surface area contributed by atoms with E-state index in [1.54, 1.807) is 18.3 Å². The Hall–Kier alpha value is -5.21. The summed E-state index contributed by atoms with van der Waals surface area (Å²) >= 11 is 0. The van der Waals surface area contributed by atoms with Crippen molar-refractivity contribution in [2.45, 2.75) is 44.2 Å². The van der Waals surface area contributed by atoms with Crippen LogP contribution >= 0.6 is 0 Å². The number of carboxylic acids is 3. The van der Waals surface area contributed by atoms with E-state index in [4.69, 9.17) is 15.9 Å². The number of carboxylic acid groups (broad SMARTS) is 3. The van der Waals surface area contributed by atoms with Crippen LogP contribution in [-0.2, 0) is 36.8 Å². The zero-order chi connectivity index (χ0) is 28.7. The molecule has 1 amide bonds. The maximum absolute atomic E-state index is 12.6. The molecule has 1 aromatic carbocycles. The molecule has 206 valence electrons. The van der Waals surface area contributed by atoms with Crippen LogP contribution in [0.3, 0.4) is 0 Å². The van der Waals surface area contributed by atoms with E-state index in [9.17, 15) is 33.9 Å². The van der Waals surface area contributed by atoms with Gasteiger partial charge in [-0.1, -0.05) is 12.1 Å². The van der Waals surface area contributed by atoms with Crippen molar-refractivity contribution in [3.63, 3.8) is 0 Å². The van der Waals surface area contributed by atoms with Crippen LogP contribution in [0.25, 0.3) is 11.0 Å². The van der Waals surface area contributed by atoms with E-state index >= 15 is 0 Å². The van der Waals surface area contributed by atoms with Crippen molar-refractivity contribution < 1.29 is 44.0 Å². The van der Waals surface area contributed by atoms with Crippen LogP contribution in [0.1, 0.15) is 40.7 Å². The van der Waals surface area contributed by atoms with Crippen molar-refractivity contribution in [1.82, 2.24) is 20.3 Å². The summed E-state index contributed by atoms with van der Waals surface area (Å²) in [6.07, 6.45) is -1.17. The van der Waals surface area contributed by atoms with Gasteiger partial charge in [-0.25, -0.2) is 9.59 Å². The number of aromatic nitrogens is 3. The number of aromatic amines is 2. The predicted octanol–water partition coefficient (Wildman–Crippen LogP) is 0.0529. The monoisotopic (exact) mass is 543 g/mol. The molecule has 15 nitrogen and oxygen atoms in total. The maximum atomic E-state index is 12.6. The number of anilines is 1. The van der Waals surface area contributed by atoms with E-state index < -0.39 is 61.2 Å². The molecule has 2 atom stereocenters. The van der Waals surface area contributed by atoms with Gasteiger partial charge in [-0.15, -0.1) is 0 Å². The smallest absolute Gasteiger partial charge is 0.345 e. The number of nitrogen functional groups attached to an aromatic ring is 1. The second kappa shape index (κ2) is 12.4. The number of nitrogens with zero attached hydrogens (tertiary/aromatic N) is 1. The molecule has 39 heavy (non-hydrogen) atoms. The Morgan fingerprint density at radius 1 is 1.03 bits per heavy atom. The molecule has 2 heterocycles. The average Bonchev–Trinajstić information content (AvgIpc) is 3.27. The number of rotatable bonds is 13. The Bertz CT molecular complexity index is 1460. The molecule has 0 radical (unpaired) electrons. The SMILES string of the molecule is Nc1nc2[nH]cc(CCc3ccc(C(=O)NC(CCC(=O)O[C@@H](CC(=O)O)C(=O)O)C(=O)O)cc3)c2c(=O)[nH]1. The number of carbonyl (C=O) groups excluding carboxylic acids is 2. The average molecular weight is 543 g/mol. The standard InChI is InChI=1S/C24H25N5O10/c25-24-28-19-18(21(34)29-24)13(10-26-19)6-3-11-1-4-12(5-2-11)20(33)27-14(22(35)36)7-8-17(32)39-15(23(37)38)9-16(30)31/h1-2,4-5,10,14-15H,3,6-9H2,(H,27,33)(H,30,31)(H,35,36)(H,37,38)(H4,25,26,28,29,34)/t14?,15-/m0/s1. The van der Waals surface area contributed by atoms with Gasteiger partial charge in [-0.05, 0) is 42.5 Å². The number of ether oxygens (including phenoxy) is 1. The quantitative estimate of drug-likeness (QED) is 0.141. The summed E-state index contributed by atoms with van der Waals surface area (Å²) in [5.41, 5.74) is 7.30. The summed E-state index contributed by atoms with van der Waals surface area (Å²) in [7, 11) is 0. The fraction of sp³-hybridized carbons (Fsp3) is 0.292. The minimum absolute atomic E-state index is 0.00222. The maximum Gasteiger partial charge on any atom is 0.345 e. The zero-order valence-electron chi connectivity index (χ0n) is 20.3. The fourth-order valence-electron chi connectivity index (χ4n) is 3.74. The molecule has 0 saturated carbocycles. The molecule has 3 rings (SSSR count). The summed E-state index contributed by atoms with van der Waals surface area (Å²) < 4.78 is 4.59. The number of H-pyrrole nitrogens is 2. The minimum atomic E-state index is -1.92. The Balaban J connectivity index is 1.56. The van der Waals surface area contributed by atoms with Gasteiger partial charge in [-0.2, -0.15) is 4.98 Å². The molecule has 0 spiro atoms. The van der Waals surface area contributed by atoms with Crippen LogP contribution in [0.5, 0.6) is 0 Å². The number of benzene rings is 1. The first kappa shape index (κ1) is 28.4. The summed E-state index contributed by atoms with van der Waals surface area (Å²) in [6, 6.07) is 4.84. The highest BCUT2D eigenvalue weighted by molar-refractivity contribution is 5.96. The van der Waals surface area contributed by atoms with Crippen molar-refractivity contribution in [1.29, 1.82) is 0 Å². The summed E-state index contributed by atoms with van der Waals surface area (Å²) in [5.74, 6) is -6.42. The molecular formula is C24H25N5O10. The highest BCUT2D eigenvalue weighted by Gasteiger charge is 2.27. The minimum Gasteiger partial charge on any atom is -0.481 e. The Kier molecular flexibility index (Phi) is 8.98. The highest BCUT2D eigenvalue weighted by atomic mass is 16.6. The number of amides is 1. The van der Waals surface area contributed by atoms with Gasteiger partial charge in [0, 0.05) is 18.2 Å². The molecule has 0 aliphatic carbocycles. The van der Waals surface area contributed by atoms with Gasteiger partial charge >= 0.3 is 23.9 Å². The van der Waals surface area contributed by atoms with Crippen LogP contribution in [0, 0.1) is 0 Å². The van der Waals surface area contributed by atoms with Crippen LogP contribution in [0.15, 0.2) is 35.3 Å². The van der Waals surface area contributed by atoms with Gasteiger partial charge in [-0.3, -0.25) is 24.2 Å². The molecular weight excluding hydrogens is 518 g/mol. The van der Waals surface area contributed by atoms with Gasteiger partial charge in [0.1, 0.15) is 11.7 Å². The first-order valence-corrected chi connectivity index (χ1v) is 11.6. The van der Waals surface area contributed by atoms with Gasteiger partial charge in [0.25, 0.3) is 11.5 Å². The van der Waals surface area contributed by atoms with Crippen LogP contribution in [0.4, 0.5) is 5.95 Å². The van der Waals surface area contributed by atoms with Gasteiger partial charge in [0.2, 0.25) is 12.1 Å². The van der Waals surface area contributed by atoms with Gasteiger partial charge in [0.15, 0.2) is 0 Å². The number of nitrogens with two attached hydrogens (primary N) is 1. The van der Waals surface area contributed by atoms with Crippen molar-refractivity contribution in [3.05, 3.63) is 57.5 Å². The number of fused-ring (bicyclic) bond motifs is 1. The Labute approximate surface area is 219 Å². The largest absolute Gasteiger partial charge is 0.481 e. The molecule has 3 aromatic rings. The number of aryl methyl sites for hydroxylation is 2. The third-order valence-electron chi connectivity index (χ3n) is 5.69. The van der Waals surface area contributed by atoms with Crippen molar-refractivity contribution >= 4 is 46.8 Å². The molecule has 0 aliphatic rings. The lowest BCUT2D eigenvalue weighted by atomic mass is 10.0. The molecule has 0 fully saturated rings. The third kappa shape index (κ3) is 7.64. The van der Waals surface area contributed by atoms with Crippen molar-refractivity contribution in [3.8, 4) is 0 Å². The first-order chi connectivity index (χ1) is 18.4. The van der Waals surface area contributed by atoms with E-state index in [0.717, 1.165) is 11.1 Å². The molecule has 0 aliphatic heterocycles. The van der Waals surface area contributed by atoms with Crippen molar-refractivity contribution in [2.75, 3.05) is 5.73 Å². The van der Waals surface area contributed by atoms with E-state index in [0.29, 0.717) is 23.9 Å². The number of nitrogens with one attached hydrogen (secondary N) is 3. The molecule has 2 aromatic heterocycles. The van der Waals surface area contributed by atoms with Gasteiger partial charge in [0.05, 0.1) is 11.8 Å². The number of aliphatic carboxylic acids is 3. The van der Waals surface area contributed by atoms with Crippen LogP contribution in [-0.4, -0.2) is 72.2 Å². The lowest BCUT2D eigenvalue weighted by Gasteiger charge is -2.16. The second-order valence-electron chi connectivity index (χ2n) is 8.50. The third-order valence-corrected chi connectivity index (χ3v) is 5.69. The molecule has 8 N–H and O–H groups in total. The zero-order valence-corrected chi connectivity index (χ0v) is 20.3. The predicted molar refractivity (Wildman–Crippen MR) is 133 cm³/mol. The first-order valence-electron chi connectivity index (χ1n) is 11.6. The Morgan fingerprint density at radius 3 is 2.33 bits per heavy atom. The Morgan fingerprint density at radius 2 is 1.72 bits per heavy atom. The fourth-order valence-corrected chi connectivity index (χ4v) is 3.74. The number of hydrogen-bond donors (Lipinski definition) is 7. The summed E-state index contributed by atoms with van der Waals surface area (Å²) in [4.78, 5) is 79.3. The van der Waals surface area contributed by atoms with E-state index in [1.807, 2.05) is 0 Å². The number of esters is 1. The molecule has 1 unspecified atom stereocenters. The van der Waals surface area contributed by atoms with Crippen LogP contribution < -0.4 is 16.6 Å². The van der Waals surface area contributed by atoms with E-state index in [-0.39, 0.29) is 17.1 Å². The normalized spacial score (nSPS) is 12.4. The highest BCUT2D eigenvalue weighted by Crippen LogP contribution is 2.16. The number of hydrogen-bond acceptors (Lipinski definition) is 9. The van der Waals surface area contributed by atoms with Gasteiger partial charge < -0.3 is 36.1 Å². The van der Waals surface area contributed by atoms with E-state index in [1.165, 1.54) is 12.1 Å². The summed E-state index contributed by atoms with van der Waals surface area (Å²) in [5, 5.41) is 29.7. The van der Waals surface area contributed by atoms with Crippen molar-refractivity contribution in [2.24, 2.45) is 0 Å². The second-order valence-corrected chi connectivity index (χ2v) is 8.50. The van der Waals surface area contributed by atoms with E-state index in [2.05, 4.69) is 25.0 Å². The molecule has 15 heteroatoms. The topological polar surface area (TPSA) is 255 Å². The number of carbonyl (C=O) groups is 5. The molecule has 0 saturated heterocycles.